The number of carbonyl (C=O) groups is 1. The molecule has 0 heterocycles. The van der Waals surface area contributed by atoms with Crippen molar-refractivity contribution >= 4 is 35.8 Å². The van der Waals surface area contributed by atoms with Crippen LogP contribution in [0.25, 0.3) is 0 Å². The van der Waals surface area contributed by atoms with Gasteiger partial charge in [0.25, 0.3) is 0 Å². The number of anilines is 1. The van der Waals surface area contributed by atoms with Crippen LogP contribution in [0.4, 0.5) is 10.5 Å². The minimum absolute atomic E-state index is 0. The molecular formula is C8H9Cl2NO2. The molecule has 3 nitrogen and oxygen atoms in total. The summed E-state index contributed by atoms with van der Waals surface area (Å²) in [6.07, 6.45) is -1.06. The molecule has 2 N–H and O–H groups in total. The predicted molar refractivity (Wildman–Crippen MR) is 54.9 cm³/mol. The fraction of sp³-hybridized carbons (Fsp3) is 0.125. The van der Waals surface area contributed by atoms with Crippen molar-refractivity contribution in [2.75, 3.05) is 5.32 Å². The second kappa shape index (κ2) is 5.67. The number of nitrogens with one attached hydrogen (secondary N) is 1. The first-order chi connectivity index (χ1) is 5.72. The average Bonchev–Trinajstić information content (AvgIpc) is 2.05. The molecule has 1 amide bonds. The zero-order valence-electron chi connectivity index (χ0n) is 6.66. The van der Waals surface area contributed by atoms with E-state index >= 15 is 0 Å². The topological polar surface area (TPSA) is 49.3 Å². The summed E-state index contributed by atoms with van der Waals surface area (Å²) in [6.45, 7) is 0. The molecule has 5 heteroatoms. The van der Waals surface area contributed by atoms with Crippen molar-refractivity contribution in [1.82, 2.24) is 0 Å². The van der Waals surface area contributed by atoms with Crippen molar-refractivity contribution in [3.63, 3.8) is 0 Å². The highest BCUT2D eigenvalue weighted by molar-refractivity contribution is 6.17. The van der Waals surface area contributed by atoms with Crippen LogP contribution < -0.4 is 5.32 Å². The normalized spacial score (nSPS) is 8.69. The van der Waals surface area contributed by atoms with Gasteiger partial charge in [0.1, 0.15) is 0 Å². The number of amides is 1. The molecule has 1 aromatic rings. The molecule has 0 fully saturated rings. The smallest absolute Gasteiger partial charge is 0.409 e. The molecule has 0 unspecified atom stereocenters. The second-order valence-electron chi connectivity index (χ2n) is 2.26. The van der Waals surface area contributed by atoms with Crippen LogP contribution in [0.5, 0.6) is 0 Å². The van der Waals surface area contributed by atoms with E-state index in [1.807, 2.05) is 0 Å². The highest BCUT2D eigenvalue weighted by Crippen LogP contribution is 2.10. The van der Waals surface area contributed by atoms with Gasteiger partial charge in [0, 0.05) is 11.6 Å². The minimum Gasteiger partial charge on any atom is -0.465 e. The van der Waals surface area contributed by atoms with Crippen molar-refractivity contribution in [3.05, 3.63) is 29.8 Å². The maximum atomic E-state index is 10.2. The standard InChI is InChI=1S/C8H8ClNO2.ClH/c9-5-6-1-3-7(4-2-6)10-8(11)12;/h1-4,10H,5H2,(H,11,12);1H. The van der Waals surface area contributed by atoms with Crippen molar-refractivity contribution in [3.8, 4) is 0 Å². The first-order valence-corrected chi connectivity index (χ1v) is 3.90. The lowest BCUT2D eigenvalue weighted by atomic mass is 10.2. The van der Waals surface area contributed by atoms with E-state index in [-0.39, 0.29) is 12.4 Å². The van der Waals surface area contributed by atoms with Crippen LogP contribution >= 0.6 is 24.0 Å². The van der Waals surface area contributed by atoms with Gasteiger partial charge in [0.05, 0.1) is 0 Å². The highest BCUT2D eigenvalue weighted by atomic mass is 35.5. The predicted octanol–water partition coefficient (Wildman–Crippen LogP) is 2.94. The number of alkyl halides is 1. The van der Waals surface area contributed by atoms with Gasteiger partial charge in [-0.3, -0.25) is 5.32 Å². The van der Waals surface area contributed by atoms with E-state index in [0.717, 1.165) is 5.56 Å². The van der Waals surface area contributed by atoms with Crippen LogP contribution in [0.15, 0.2) is 24.3 Å². The largest absolute Gasteiger partial charge is 0.465 e. The maximum absolute atomic E-state index is 10.2. The molecule has 1 rings (SSSR count). The summed E-state index contributed by atoms with van der Waals surface area (Å²) in [4.78, 5) is 10.2. The first kappa shape index (κ1) is 12.1. The molecule has 0 aliphatic rings. The molecule has 0 saturated carbocycles. The Morgan fingerprint density at radius 2 is 1.92 bits per heavy atom. The van der Waals surface area contributed by atoms with Gasteiger partial charge in [-0.15, -0.1) is 24.0 Å². The Morgan fingerprint density at radius 1 is 1.38 bits per heavy atom. The van der Waals surface area contributed by atoms with E-state index in [0.29, 0.717) is 11.6 Å². The summed E-state index contributed by atoms with van der Waals surface area (Å²) < 4.78 is 0. The van der Waals surface area contributed by atoms with E-state index in [2.05, 4.69) is 5.32 Å². The maximum Gasteiger partial charge on any atom is 0.409 e. The lowest BCUT2D eigenvalue weighted by Gasteiger charge is -2.00. The Kier molecular flexibility index (Phi) is 5.26. The van der Waals surface area contributed by atoms with Crippen LogP contribution in [-0.4, -0.2) is 11.2 Å². The molecular weight excluding hydrogens is 213 g/mol. The number of hydrogen-bond donors (Lipinski definition) is 2. The zero-order chi connectivity index (χ0) is 8.97. The number of halogens is 2. The number of carboxylic acid groups (broad SMARTS) is 1. The molecule has 0 aliphatic heterocycles. The second-order valence-corrected chi connectivity index (χ2v) is 2.53. The van der Waals surface area contributed by atoms with E-state index in [4.69, 9.17) is 16.7 Å². The average molecular weight is 222 g/mol. The fourth-order valence-electron chi connectivity index (χ4n) is 0.801. The third-order valence-electron chi connectivity index (χ3n) is 1.36. The summed E-state index contributed by atoms with van der Waals surface area (Å²) in [6, 6.07) is 6.90. The van der Waals surface area contributed by atoms with Gasteiger partial charge in [-0.2, -0.15) is 0 Å². The lowest BCUT2D eigenvalue weighted by Crippen LogP contribution is -2.06. The zero-order valence-corrected chi connectivity index (χ0v) is 8.23. The fourth-order valence-corrected chi connectivity index (χ4v) is 0.979. The van der Waals surface area contributed by atoms with Gasteiger partial charge in [-0.1, -0.05) is 12.1 Å². The highest BCUT2D eigenvalue weighted by Gasteiger charge is 1.96. The van der Waals surface area contributed by atoms with E-state index < -0.39 is 6.09 Å². The van der Waals surface area contributed by atoms with Gasteiger partial charge in [-0.25, -0.2) is 4.79 Å². The quantitative estimate of drug-likeness (QED) is 0.755. The molecule has 0 spiro atoms. The molecule has 0 aliphatic carbocycles. The molecule has 0 aromatic heterocycles. The van der Waals surface area contributed by atoms with Gasteiger partial charge in [-0.05, 0) is 17.7 Å². The van der Waals surface area contributed by atoms with E-state index in [1.165, 1.54) is 0 Å². The summed E-state index contributed by atoms with van der Waals surface area (Å²) in [5.74, 6) is 0.438. The Balaban J connectivity index is 0.00000144. The van der Waals surface area contributed by atoms with Gasteiger partial charge >= 0.3 is 6.09 Å². The number of hydrogen-bond acceptors (Lipinski definition) is 1. The van der Waals surface area contributed by atoms with E-state index in [1.54, 1.807) is 24.3 Å². The van der Waals surface area contributed by atoms with Crippen LogP contribution in [0, 0.1) is 0 Å². The molecule has 72 valence electrons. The monoisotopic (exact) mass is 221 g/mol. The molecule has 0 saturated heterocycles. The van der Waals surface area contributed by atoms with Gasteiger partial charge < -0.3 is 5.11 Å². The van der Waals surface area contributed by atoms with Crippen LogP contribution in [0.1, 0.15) is 5.56 Å². The van der Waals surface area contributed by atoms with Crippen LogP contribution in [0.2, 0.25) is 0 Å². The van der Waals surface area contributed by atoms with Crippen molar-refractivity contribution in [1.29, 1.82) is 0 Å². The number of rotatable bonds is 2. The van der Waals surface area contributed by atoms with Crippen LogP contribution in [-0.2, 0) is 5.88 Å². The van der Waals surface area contributed by atoms with Crippen molar-refractivity contribution in [2.45, 2.75) is 5.88 Å². The lowest BCUT2D eigenvalue weighted by molar-refractivity contribution is 0.210. The van der Waals surface area contributed by atoms with Crippen molar-refractivity contribution < 1.29 is 9.90 Å². The van der Waals surface area contributed by atoms with Gasteiger partial charge in [0.2, 0.25) is 0 Å². The first-order valence-electron chi connectivity index (χ1n) is 3.37. The third kappa shape index (κ3) is 4.01. The summed E-state index contributed by atoms with van der Waals surface area (Å²) in [5, 5.41) is 10.6. The Morgan fingerprint density at radius 3 is 2.31 bits per heavy atom. The SMILES string of the molecule is Cl.O=C(O)Nc1ccc(CCl)cc1. The Labute approximate surface area is 87.1 Å². The van der Waals surface area contributed by atoms with Gasteiger partial charge in [0.15, 0.2) is 0 Å². The van der Waals surface area contributed by atoms with Crippen LogP contribution in [0.3, 0.4) is 0 Å². The van der Waals surface area contributed by atoms with Crippen molar-refractivity contribution in [2.24, 2.45) is 0 Å². The minimum atomic E-state index is -1.06. The molecule has 1 aromatic carbocycles. The Hall–Kier alpha value is -0.930. The third-order valence-corrected chi connectivity index (χ3v) is 1.67. The molecule has 0 atom stereocenters. The van der Waals surface area contributed by atoms with E-state index in [9.17, 15) is 4.79 Å². The number of benzene rings is 1. The Bertz CT molecular complexity index is 274. The summed E-state index contributed by atoms with van der Waals surface area (Å²) in [7, 11) is 0. The molecule has 0 radical (unpaired) electrons. The summed E-state index contributed by atoms with van der Waals surface area (Å²) >= 11 is 5.55. The molecule has 13 heavy (non-hydrogen) atoms. The summed E-state index contributed by atoms with van der Waals surface area (Å²) in [5.41, 5.74) is 1.52. The molecule has 0 bridgehead atoms.